The average molecular weight is 510 g/mol. The van der Waals surface area contributed by atoms with Crippen LogP contribution in [0.3, 0.4) is 0 Å². The van der Waals surface area contributed by atoms with Crippen LogP contribution in [-0.4, -0.2) is 45.7 Å². The lowest BCUT2D eigenvalue weighted by Crippen LogP contribution is -2.39. The monoisotopic (exact) mass is 510 g/mol. The molecule has 0 saturated carbocycles. The van der Waals surface area contributed by atoms with Gasteiger partial charge in [0.2, 0.25) is 0 Å². The smallest absolute Gasteiger partial charge is 0.251 e. The number of carbonyl (C=O) groups excluding carboxylic acids is 1. The molecule has 2 aromatic carbocycles. The Bertz CT molecular complexity index is 796. The zero-order chi connectivity index (χ0) is 20.2. The maximum absolute atomic E-state index is 11.7. The van der Waals surface area contributed by atoms with Gasteiger partial charge in [0.05, 0.1) is 6.61 Å². The SMILES string of the molecule is CN=C(NCCCOc1ccccc1C)NCCc1cccc(C(=O)NC)c1.I. The molecule has 6 nitrogen and oxygen atoms in total. The van der Waals surface area contributed by atoms with Crippen molar-refractivity contribution in [3.05, 3.63) is 65.2 Å². The quantitative estimate of drug-likeness (QED) is 0.210. The first-order valence-electron chi connectivity index (χ1n) is 9.58. The van der Waals surface area contributed by atoms with Gasteiger partial charge in [-0.1, -0.05) is 30.3 Å². The third-order valence-electron chi connectivity index (χ3n) is 4.31. The van der Waals surface area contributed by atoms with Crippen LogP contribution in [0.1, 0.15) is 27.9 Å². The van der Waals surface area contributed by atoms with Crippen molar-refractivity contribution in [2.75, 3.05) is 33.8 Å². The number of aliphatic imine (C=N–C) groups is 1. The van der Waals surface area contributed by atoms with Crippen LogP contribution in [0.15, 0.2) is 53.5 Å². The van der Waals surface area contributed by atoms with Gasteiger partial charge in [-0.15, -0.1) is 24.0 Å². The first kappa shape index (κ1) is 24.7. The van der Waals surface area contributed by atoms with Crippen molar-refractivity contribution in [3.63, 3.8) is 0 Å². The number of carbonyl (C=O) groups is 1. The standard InChI is InChI=1S/C22H30N4O2.HI/c1-17-8-4-5-11-20(17)28-15-7-13-25-22(24-3)26-14-12-18-9-6-10-19(16-18)21(27)23-2;/h4-6,8-11,16H,7,12-15H2,1-3H3,(H,23,27)(H2,24,25,26);1H. The molecule has 0 aliphatic rings. The predicted octanol–water partition coefficient (Wildman–Crippen LogP) is 3.15. The summed E-state index contributed by atoms with van der Waals surface area (Å²) >= 11 is 0. The lowest BCUT2D eigenvalue weighted by Gasteiger charge is -2.13. The number of halogens is 1. The fourth-order valence-corrected chi connectivity index (χ4v) is 2.74. The number of hydrogen-bond donors (Lipinski definition) is 3. The van der Waals surface area contributed by atoms with Gasteiger partial charge in [-0.25, -0.2) is 0 Å². The molecule has 0 fully saturated rings. The second-order valence-corrected chi connectivity index (χ2v) is 6.42. The number of benzene rings is 2. The molecule has 2 rings (SSSR count). The summed E-state index contributed by atoms with van der Waals surface area (Å²) in [5, 5.41) is 9.23. The van der Waals surface area contributed by atoms with Gasteiger partial charge in [0, 0.05) is 32.7 Å². The third kappa shape index (κ3) is 8.72. The third-order valence-corrected chi connectivity index (χ3v) is 4.31. The summed E-state index contributed by atoms with van der Waals surface area (Å²) in [6.07, 6.45) is 1.69. The van der Waals surface area contributed by atoms with E-state index in [0.717, 1.165) is 48.8 Å². The van der Waals surface area contributed by atoms with Crippen LogP contribution in [-0.2, 0) is 6.42 Å². The second kappa shape index (κ2) is 13.8. The zero-order valence-electron chi connectivity index (χ0n) is 17.3. The van der Waals surface area contributed by atoms with Crippen LogP contribution < -0.4 is 20.7 Å². The minimum absolute atomic E-state index is 0. The number of guanidine groups is 1. The summed E-state index contributed by atoms with van der Waals surface area (Å²) in [5.74, 6) is 1.63. The molecule has 0 heterocycles. The number of amides is 1. The number of nitrogens with one attached hydrogen (secondary N) is 3. The van der Waals surface area contributed by atoms with Crippen molar-refractivity contribution < 1.29 is 9.53 Å². The first-order valence-corrected chi connectivity index (χ1v) is 9.58. The van der Waals surface area contributed by atoms with E-state index in [-0.39, 0.29) is 29.9 Å². The fraction of sp³-hybridized carbons (Fsp3) is 0.364. The lowest BCUT2D eigenvalue weighted by molar-refractivity contribution is 0.0963. The lowest BCUT2D eigenvalue weighted by atomic mass is 10.1. The Hall–Kier alpha value is -2.29. The van der Waals surface area contributed by atoms with Gasteiger partial charge in [0.15, 0.2) is 5.96 Å². The van der Waals surface area contributed by atoms with Crippen LogP contribution >= 0.6 is 24.0 Å². The Morgan fingerprint density at radius 2 is 1.83 bits per heavy atom. The fourth-order valence-electron chi connectivity index (χ4n) is 2.74. The summed E-state index contributed by atoms with van der Waals surface area (Å²) in [6, 6.07) is 15.7. The predicted molar refractivity (Wildman–Crippen MR) is 130 cm³/mol. The van der Waals surface area contributed by atoms with Crippen LogP contribution in [0.5, 0.6) is 5.75 Å². The van der Waals surface area contributed by atoms with E-state index in [9.17, 15) is 4.79 Å². The second-order valence-electron chi connectivity index (χ2n) is 6.42. The van der Waals surface area contributed by atoms with E-state index in [4.69, 9.17) is 4.74 Å². The molecule has 0 aromatic heterocycles. The van der Waals surface area contributed by atoms with Gasteiger partial charge in [-0.05, 0) is 49.1 Å². The van der Waals surface area contributed by atoms with Crippen LogP contribution in [0, 0.1) is 6.92 Å². The summed E-state index contributed by atoms with van der Waals surface area (Å²) in [4.78, 5) is 15.9. The van der Waals surface area contributed by atoms with E-state index in [2.05, 4.69) is 20.9 Å². The molecule has 0 spiro atoms. The number of aryl methyl sites for hydroxylation is 1. The maximum atomic E-state index is 11.7. The normalized spacial score (nSPS) is 10.7. The summed E-state index contributed by atoms with van der Waals surface area (Å²) in [6.45, 7) is 4.21. The zero-order valence-corrected chi connectivity index (χ0v) is 19.7. The van der Waals surface area contributed by atoms with Gasteiger partial charge in [-0.2, -0.15) is 0 Å². The summed E-state index contributed by atoms with van der Waals surface area (Å²) < 4.78 is 5.80. The number of ether oxygens (including phenoxy) is 1. The van der Waals surface area contributed by atoms with E-state index in [1.165, 1.54) is 0 Å². The molecule has 0 bridgehead atoms. The summed E-state index contributed by atoms with van der Waals surface area (Å²) in [5.41, 5.74) is 2.93. The van der Waals surface area contributed by atoms with Crippen molar-refractivity contribution >= 4 is 35.8 Å². The van der Waals surface area contributed by atoms with Crippen LogP contribution in [0.2, 0.25) is 0 Å². The highest BCUT2D eigenvalue weighted by atomic mass is 127. The molecule has 0 aliphatic carbocycles. The highest BCUT2D eigenvalue weighted by Crippen LogP contribution is 2.15. The minimum atomic E-state index is -0.0693. The molecular formula is C22H31IN4O2. The van der Waals surface area contributed by atoms with Gasteiger partial charge in [0.25, 0.3) is 5.91 Å². The number of hydrogen-bond acceptors (Lipinski definition) is 3. The van der Waals surface area contributed by atoms with Crippen LogP contribution in [0.4, 0.5) is 0 Å². The largest absolute Gasteiger partial charge is 0.493 e. The molecule has 1 amide bonds. The Balaban J connectivity index is 0.00000420. The van der Waals surface area contributed by atoms with Crippen molar-refractivity contribution in [1.82, 2.24) is 16.0 Å². The molecule has 0 radical (unpaired) electrons. The Labute approximate surface area is 190 Å². The molecule has 0 aliphatic heterocycles. The molecule has 158 valence electrons. The Morgan fingerprint density at radius 1 is 1.07 bits per heavy atom. The van der Waals surface area contributed by atoms with Gasteiger partial charge in [0.1, 0.15) is 5.75 Å². The maximum Gasteiger partial charge on any atom is 0.251 e. The minimum Gasteiger partial charge on any atom is -0.493 e. The first-order chi connectivity index (χ1) is 13.6. The number of para-hydroxylation sites is 1. The van der Waals surface area contributed by atoms with Gasteiger partial charge in [-0.3, -0.25) is 9.79 Å². The topological polar surface area (TPSA) is 74.8 Å². The number of nitrogens with zero attached hydrogens (tertiary/aromatic N) is 1. The van der Waals surface area contributed by atoms with Gasteiger partial charge >= 0.3 is 0 Å². The van der Waals surface area contributed by atoms with E-state index in [0.29, 0.717) is 12.2 Å². The van der Waals surface area contributed by atoms with Gasteiger partial charge < -0.3 is 20.7 Å². The highest BCUT2D eigenvalue weighted by Gasteiger charge is 2.04. The Kier molecular flexibility index (Phi) is 11.8. The van der Waals surface area contributed by atoms with Crippen LogP contribution in [0.25, 0.3) is 0 Å². The molecular weight excluding hydrogens is 479 g/mol. The molecule has 29 heavy (non-hydrogen) atoms. The molecule has 0 atom stereocenters. The van der Waals surface area contributed by atoms with E-state index in [1.807, 2.05) is 55.5 Å². The molecule has 2 aromatic rings. The molecule has 0 saturated heterocycles. The van der Waals surface area contributed by atoms with E-state index >= 15 is 0 Å². The van der Waals surface area contributed by atoms with Crippen molar-refractivity contribution in [2.24, 2.45) is 4.99 Å². The van der Waals surface area contributed by atoms with E-state index in [1.54, 1.807) is 14.1 Å². The average Bonchev–Trinajstić information content (AvgIpc) is 2.73. The van der Waals surface area contributed by atoms with E-state index < -0.39 is 0 Å². The van der Waals surface area contributed by atoms with Crippen molar-refractivity contribution in [1.29, 1.82) is 0 Å². The highest BCUT2D eigenvalue weighted by molar-refractivity contribution is 14.0. The Morgan fingerprint density at radius 3 is 2.55 bits per heavy atom. The number of rotatable bonds is 9. The van der Waals surface area contributed by atoms with Crippen molar-refractivity contribution in [3.8, 4) is 5.75 Å². The molecule has 0 unspecified atom stereocenters. The molecule has 7 heteroatoms. The summed E-state index contributed by atoms with van der Waals surface area (Å²) in [7, 11) is 3.39. The van der Waals surface area contributed by atoms with Crippen molar-refractivity contribution in [2.45, 2.75) is 19.8 Å². The molecule has 3 N–H and O–H groups in total.